The lowest BCUT2D eigenvalue weighted by atomic mass is 10.0. The van der Waals surface area contributed by atoms with Crippen LogP contribution in [0.25, 0.3) is 6.08 Å². The molecule has 0 spiro atoms. The summed E-state index contributed by atoms with van der Waals surface area (Å²) in [6.07, 6.45) is 9.64. The zero-order valence-corrected chi connectivity index (χ0v) is 7.57. The standard InChI is InChI=1S/C10H14N2O/c1-2-7-11-9(3-1)4-5-10-6-8-12-13-10/h4-6,8-9,11H,1-3,7H2. The van der Waals surface area contributed by atoms with Gasteiger partial charge in [0.2, 0.25) is 0 Å². The molecule has 0 bridgehead atoms. The van der Waals surface area contributed by atoms with Crippen molar-refractivity contribution in [2.45, 2.75) is 25.3 Å². The molecule has 1 saturated heterocycles. The van der Waals surface area contributed by atoms with Gasteiger partial charge in [0.15, 0.2) is 5.76 Å². The van der Waals surface area contributed by atoms with Gasteiger partial charge in [-0.15, -0.1) is 0 Å². The Morgan fingerprint density at radius 2 is 2.54 bits per heavy atom. The molecule has 1 aliphatic rings. The molecular weight excluding hydrogens is 164 g/mol. The van der Waals surface area contributed by atoms with Crippen LogP contribution in [0.1, 0.15) is 25.0 Å². The summed E-state index contributed by atoms with van der Waals surface area (Å²) in [4.78, 5) is 0. The van der Waals surface area contributed by atoms with Gasteiger partial charge < -0.3 is 9.84 Å². The summed E-state index contributed by atoms with van der Waals surface area (Å²) in [6.45, 7) is 1.13. The van der Waals surface area contributed by atoms with Crippen LogP contribution in [0.2, 0.25) is 0 Å². The Morgan fingerprint density at radius 1 is 1.54 bits per heavy atom. The van der Waals surface area contributed by atoms with Crippen LogP contribution in [0, 0.1) is 0 Å². The normalized spacial score (nSPS) is 23.8. The number of hydrogen-bond acceptors (Lipinski definition) is 3. The van der Waals surface area contributed by atoms with Crippen LogP contribution in [0.5, 0.6) is 0 Å². The lowest BCUT2D eigenvalue weighted by Gasteiger charge is -2.19. The minimum Gasteiger partial charge on any atom is -0.357 e. The van der Waals surface area contributed by atoms with Crippen molar-refractivity contribution in [3.05, 3.63) is 24.1 Å². The molecule has 0 amide bonds. The molecule has 1 atom stereocenters. The Balaban J connectivity index is 1.89. The van der Waals surface area contributed by atoms with Crippen molar-refractivity contribution >= 4 is 6.08 Å². The molecule has 13 heavy (non-hydrogen) atoms. The van der Waals surface area contributed by atoms with Crippen molar-refractivity contribution in [3.63, 3.8) is 0 Å². The van der Waals surface area contributed by atoms with E-state index in [0.717, 1.165) is 12.3 Å². The topological polar surface area (TPSA) is 38.1 Å². The fourth-order valence-electron chi connectivity index (χ4n) is 1.57. The van der Waals surface area contributed by atoms with Crippen LogP contribution in [-0.2, 0) is 0 Å². The zero-order valence-electron chi connectivity index (χ0n) is 7.57. The van der Waals surface area contributed by atoms with Crippen LogP contribution in [0.15, 0.2) is 22.9 Å². The molecular formula is C10H14N2O. The third-order valence-electron chi connectivity index (χ3n) is 2.30. The molecule has 0 radical (unpaired) electrons. The predicted molar refractivity (Wildman–Crippen MR) is 51.2 cm³/mol. The van der Waals surface area contributed by atoms with E-state index in [0.29, 0.717) is 6.04 Å². The molecule has 2 rings (SSSR count). The van der Waals surface area contributed by atoms with Crippen LogP contribution >= 0.6 is 0 Å². The second-order valence-corrected chi connectivity index (χ2v) is 3.33. The molecule has 1 fully saturated rings. The average Bonchev–Trinajstić information content (AvgIpc) is 2.69. The summed E-state index contributed by atoms with van der Waals surface area (Å²) in [6, 6.07) is 2.37. The first-order valence-corrected chi connectivity index (χ1v) is 4.77. The molecule has 1 aromatic rings. The van der Waals surface area contributed by atoms with Crippen LogP contribution < -0.4 is 5.32 Å². The first-order valence-electron chi connectivity index (χ1n) is 4.77. The van der Waals surface area contributed by atoms with Crippen LogP contribution in [0.3, 0.4) is 0 Å². The summed E-state index contributed by atoms with van der Waals surface area (Å²) < 4.78 is 4.96. The van der Waals surface area contributed by atoms with E-state index in [1.807, 2.05) is 12.1 Å². The largest absolute Gasteiger partial charge is 0.357 e. The zero-order chi connectivity index (χ0) is 8.93. The molecule has 0 aromatic carbocycles. The maximum Gasteiger partial charge on any atom is 0.159 e. The highest BCUT2D eigenvalue weighted by Crippen LogP contribution is 2.09. The molecule has 0 saturated carbocycles. The lowest BCUT2D eigenvalue weighted by Crippen LogP contribution is -2.31. The van der Waals surface area contributed by atoms with E-state index in [9.17, 15) is 0 Å². The second kappa shape index (κ2) is 4.23. The van der Waals surface area contributed by atoms with E-state index < -0.39 is 0 Å². The van der Waals surface area contributed by atoms with Gasteiger partial charge in [0.25, 0.3) is 0 Å². The first-order chi connectivity index (χ1) is 6.45. The van der Waals surface area contributed by atoms with Gasteiger partial charge in [-0.2, -0.15) is 0 Å². The molecule has 3 heteroatoms. The minimum atomic E-state index is 0.513. The van der Waals surface area contributed by atoms with E-state index in [-0.39, 0.29) is 0 Å². The summed E-state index contributed by atoms with van der Waals surface area (Å²) in [5.74, 6) is 0.826. The molecule has 3 nitrogen and oxygen atoms in total. The number of piperidine rings is 1. The fourth-order valence-corrected chi connectivity index (χ4v) is 1.57. The summed E-state index contributed by atoms with van der Waals surface area (Å²) in [5, 5.41) is 7.07. The highest BCUT2D eigenvalue weighted by atomic mass is 16.5. The van der Waals surface area contributed by atoms with Crippen molar-refractivity contribution < 1.29 is 4.52 Å². The van der Waals surface area contributed by atoms with E-state index >= 15 is 0 Å². The summed E-state index contributed by atoms with van der Waals surface area (Å²) in [5.41, 5.74) is 0. The number of hydrogen-bond donors (Lipinski definition) is 1. The number of nitrogens with one attached hydrogen (secondary N) is 1. The Hall–Kier alpha value is -1.09. The average molecular weight is 178 g/mol. The van der Waals surface area contributed by atoms with Gasteiger partial charge in [0.05, 0.1) is 6.20 Å². The van der Waals surface area contributed by atoms with Gasteiger partial charge in [0, 0.05) is 12.1 Å². The highest BCUT2D eigenvalue weighted by molar-refractivity contribution is 5.42. The summed E-state index contributed by atoms with van der Waals surface area (Å²) in [7, 11) is 0. The van der Waals surface area contributed by atoms with Crippen molar-refractivity contribution in [1.29, 1.82) is 0 Å². The van der Waals surface area contributed by atoms with Gasteiger partial charge in [-0.25, -0.2) is 0 Å². The van der Waals surface area contributed by atoms with Gasteiger partial charge in [-0.1, -0.05) is 17.7 Å². The van der Waals surface area contributed by atoms with Crippen molar-refractivity contribution in [1.82, 2.24) is 10.5 Å². The summed E-state index contributed by atoms with van der Waals surface area (Å²) >= 11 is 0. The molecule has 70 valence electrons. The van der Waals surface area contributed by atoms with E-state index in [4.69, 9.17) is 4.52 Å². The molecule has 1 N–H and O–H groups in total. The smallest absolute Gasteiger partial charge is 0.159 e. The molecule has 0 aliphatic carbocycles. The van der Waals surface area contributed by atoms with E-state index in [2.05, 4.69) is 16.5 Å². The Kier molecular flexibility index (Phi) is 2.77. The third-order valence-corrected chi connectivity index (χ3v) is 2.30. The predicted octanol–water partition coefficient (Wildman–Crippen LogP) is 1.83. The monoisotopic (exact) mass is 178 g/mol. The Labute approximate surface area is 77.8 Å². The SMILES string of the molecule is C(=CC1CCCCN1)c1ccno1. The number of aromatic nitrogens is 1. The number of nitrogens with zero attached hydrogens (tertiary/aromatic N) is 1. The van der Waals surface area contributed by atoms with E-state index in [1.54, 1.807) is 6.20 Å². The Bertz CT molecular complexity index is 260. The van der Waals surface area contributed by atoms with Gasteiger partial charge in [0.1, 0.15) is 0 Å². The van der Waals surface area contributed by atoms with Gasteiger partial charge >= 0.3 is 0 Å². The van der Waals surface area contributed by atoms with Gasteiger partial charge in [-0.05, 0) is 25.5 Å². The van der Waals surface area contributed by atoms with Crippen molar-refractivity contribution in [3.8, 4) is 0 Å². The molecule has 2 heterocycles. The van der Waals surface area contributed by atoms with E-state index in [1.165, 1.54) is 19.3 Å². The Morgan fingerprint density at radius 3 is 3.23 bits per heavy atom. The first kappa shape index (κ1) is 8.51. The second-order valence-electron chi connectivity index (χ2n) is 3.33. The minimum absolute atomic E-state index is 0.513. The highest BCUT2D eigenvalue weighted by Gasteiger charge is 2.08. The molecule has 1 aliphatic heterocycles. The van der Waals surface area contributed by atoms with Crippen molar-refractivity contribution in [2.75, 3.05) is 6.54 Å². The fraction of sp³-hybridized carbons (Fsp3) is 0.500. The quantitative estimate of drug-likeness (QED) is 0.750. The lowest BCUT2D eigenvalue weighted by molar-refractivity contribution is 0.411. The van der Waals surface area contributed by atoms with Gasteiger partial charge in [-0.3, -0.25) is 0 Å². The maximum atomic E-state index is 4.96. The molecule has 1 unspecified atom stereocenters. The number of rotatable bonds is 2. The maximum absolute atomic E-state index is 4.96. The van der Waals surface area contributed by atoms with Crippen molar-refractivity contribution in [2.24, 2.45) is 0 Å². The third kappa shape index (κ3) is 2.42. The van der Waals surface area contributed by atoms with Crippen LogP contribution in [0.4, 0.5) is 0 Å². The van der Waals surface area contributed by atoms with Crippen LogP contribution in [-0.4, -0.2) is 17.7 Å². The molecule has 1 aromatic heterocycles.